The molecule has 1 aromatic heterocycles. The van der Waals surface area contributed by atoms with Crippen molar-refractivity contribution >= 4 is 18.3 Å². The number of carbonyl (C=O) groups is 1. The van der Waals surface area contributed by atoms with E-state index in [1.165, 1.54) is 5.69 Å². The third-order valence-electron chi connectivity index (χ3n) is 4.87. The predicted octanol–water partition coefficient (Wildman–Crippen LogP) is 3.42. The number of hydrogen-bond donors (Lipinski definition) is 2. The molecule has 2 N–H and O–H groups in total. The molecule has 2 aromatic rings. The second-order valence-electron chi connectivity index (χ2n) is 6.86. The van der Waals surface area contributed by atoms with Crippen molar-refractivity contribution < 1.29 is 4.79 Å². The zero-order valence-corrected chi connectivity index (χ0v) is 16.2. The van der Waals surface area contributed by atoms with E-state index in [1.807, 2.05) is 30.1 Å². The lowest BCUT2D eigenvalue weighted by Crippen LogP contribution is -2.41. The third-order valence-corrected chi connectivity index (χ3v) is 4.87. The number of benzene rings is 1. The van der Waals surface area contributed by atoms with Gasteiger partial charge in [0.2, 0.25) is 5.91 Å². The molecule has 1 aliphatic rings. The minimum Gasteiger partial charge on any atom is -0.344 e. The molecule has 142 valence electrons. The quantitative estimate of drug-likeness (QED) is 0.694. The predicted molar refractivity (Wildman–Crippen MR) is 107 cm³/mol. The van der Waals surface area contributed by atoms with Gasteiger partial charge in [0.25, 0.3) is 0 Å². The summed E-state index contributed by atoms with van der Waals surface area (Å²) >= 11 is 0. The molecule has 1 aliphatic heterocycles. The van der Waals surface area contributed by atoms with Gasteiger partial charge in [-0.1, -0.05) is 36.8 Å². The van der Waals surface area contributed by atoms with Crippen LogP contribution >= 0.6 is 12.4 Å². The average Bonchev–Trinajstić information content (AvgIpc) is 3.33. The number of halogens is 1. The zero-order valence-electron chi connectivity index (χ0n) is 15.4. The molecule has 1 saturated heterocycles. The number of aromatic amines is 1. The molecule has 0 aliphatic carbocycles. The van der Waals surface area contributed by atoms with Crippen molar-refractivity contribution in [1.82, 2.24) is 20.4 Å². The first-order valence-electron chi connectivity index (χ1n) is 9.32. The maximum Gasteiger partial charge on any atom is 0.239 e. The summed E-state index contributed by atoms with van der Waals surface area (Å²) in [5.74, 6) is 0.249. The first kappa shape index (κ1) is 20.5. The van der Waals surface area contributed by atoms with Crippen molar-refractivity contribution in [3.63, 3.8) is 0 Å². The summed E-state index contributed by atoms with van der Waals surface area (Å²) in [5.41, 5.74) is 3.33. The number of nitrogens with one attached hydrogen (secondary N) is 2. The van der Waals surface area contributed by atoms with Crippen LogP contribution in [0.3, 0.4) is 0 Å². The third kappa shape index (κ3) is 5.58. The minimum absolute atomic E-state index is 0. The Bertz CT molecular complexity index is 667. The van der Waals surface area contributed by atoms with Crippen LogP contribution in [-0.2, 0) is 11.2 Å². The molecule has 0 saturated carbocycles. The number of likely N-dealkylation sites (N-methyl/N-ethyl adjacent to an activating group) is 1. The van der Waals surface area contributed by atoms with E-state index in [0.717, 1.165) is 62.9 Å². The van der Waals surface area contributed by atoms with E-state index in [0.29, 0.717) is 0 Å². The van der Waals surface area contributed by atoms with E-state index < -0.39 is 0 Å². The van der Waals surface area contributed by atoms with Gasteiger partial charge in [-0.15, -0.1) is 12.4 Å². The number of hydrogen-bond acceptors (Lipinski definition) is 3. The Kier molecular flexibility index (Phi) is 8.13. The number of amides is 1. The Labute approximate surface area is 162 Å². The Balaban J connectivity index is 0.00000243. The van der Waals surface area contributed by atoms with Gasteiger partial charge in [-0.3, -0.25) is 9.89 Å². The summed E-state index contributed by atoms with van der Waals surface area (Å²) in [7, 11) is 1.92. The molecule has 1 fully saturated rings. The van der Waals surface area contributed by atoms with Crippen molar-refractivity contribution in [2.24, 2.45) is 0 Å². The van der Waals surface area contributed by atoms with Gasteiger partial charge in [-0.25, -0.2) is 0 Å². The van der Waals surface area contributed by atoms with Crippen LogP contribution in [0.5, 0.6) is 0 Å². The topological polar surface area (TPSA) is 61.0 Å². The molecule has 3 rings (SSSR count). The molecule has 6 heteroatoms. The molecule has 0 spiro atoms. The number of carbonyl (C=O) groups excluding carboxylic acids is 1. The molecule has 0 radical (unpaired) electrons. The lowest BCUT2D eigenvalue weighted by molar-refractivity contribution is -0.131. The maximum atomic E-state index is 12.2. The van der Waals surface area contributed by atoms with E-state index in [9.17, 15) is 4.79 Å². The van der Waals surface area contributed by atoms with Gasteiger partial charge in [0.15, 0.2) is 0 Å². The van der Waals surface area contributed by atoms with Crippen LogP contribution in [-0.4, -0.2) is 47.2 Å². The summed E-state index contributed by atoms with van der Waals surface area (Å²) in [6.07, 6.45) is 6.37. The smallest absolute Gasteiger partial charge is 0.239 e. The summed E-state index contributed by atoms with van der Waals surface area (Å²) in [4.78, 5) is 14.1. The first-order chi connectivity index (χ1) is 12.2. The number of rotatable bonds is 8. The Morgan fingerprint density at radius 2 is 2.04 bits per heavy atom. The highest BCUT2D eigenvalue weighted by atomic mass is 35.5. The molecule has 1 aromatic carbocycles. The summed E-state index contributed by atoms with van der Waals surface area (Å²) < 4.78 is 0. The fourth-order valence-electron chi connectivity index (χ4n) is 3.36. The molecule has 5 nitrogen and oxygen atoms in total. The van der Waals surface area contributed by atoms with Crippen molar-refractivity contribution in [2.45, 2.75) is 44.6 Å². The molecule has 1 unspecified atom stereocenters. The molecular formula is C20H29ClN4O. The number of H-pyrrole nitrogens is 1. The maximum absolute atomic E-state index is 12.2. The standard InChI is InChI=1S/C20H28N4O.ClH/c1-24(20(25)18-12-8-13-21-18)14-7-3-6-11-17-15-19(23-22-17)16-9-4-2-5-10-16;/h2,4-5,9-10,15,18,21H,3,6-8,11-14H2,1H3,(H,22,23);1H. The zero-order chi connectivity index (χ0) is 17.5. The van der Waals surface area contributed by atoms with Crippen LogP contribution in [0, 0.1) is 0 Å². The van der Waals surface area contributed by atoms with Gasteiger partial charge in [-0.05, 0) is 44.7 Å². The summed E-state index contributed by atoms with van der Waals surface area (Å²) in [6.45, 7) is 1.81. The lowest BCUT2D eigenvalue weighted by atomic mass is 10.1. The van der Waals surface area contributed by atoms with E-state index in [4.69, 9.17) is 0 Å². The summed E-state index contributed by atoms with van der Waals surface area (Å²) in [6, 6.07) is 12.4. The van der Waals surface area contributed by atoms with Gasteiger partial charge in [-0.2, -0.15) is 5.10 Å². The van der Waals surface area contributed by atoms with Crippen molar-refractivity contribution in [2.75, 3.05) is 20.1 Å². The van der Waals surface area contributed by atoms with E-state index in [2.05, 4.69) is 33.7 Å². The fourth-order valence-corrected chi connectivity index (χ4v) is 3.36. The number of unbranched alkanes of at least 4 members (excludes halogenated alkanes) is 2. The van der Waals surface area contributed by atoms with Gasteiger partial charge < -0.3 is 10.2 Å². The highest BCUT2D eigenvalue weighted by Crippen LogP contribution is 2.18. The van der Waals surface area contributed by atoms with Crippen LogP contribution < -0.4 is 5.32 Å². The Morgan fingerprint density at radius 3 is 2.77 bits per heavy atom. The second-order valence-corrected chi connectivity index (χ2v) is 6.86. The first-order valence-corrected chi connectivity index (χ1v) is 9.32. The normalized spacial score (nSPS) is 16.3. The lowest BCUT2D eigenvalue weighted by Gasteiger charge is -2.21. The van der Waals surface area contributed by atoms with Crippen LogP contribution in [0.25, 0.3) is 11.3 Å². The highest BCUT2D eigenvalue weighted by molar-refractivity contribution is 5.85. The molecular weight excluding hydrogens is 348 g/mol. The van der Waals surface area contributed by atoms with Crippen LogP contribution in [0.4, 0.5) is 0 Å². The van der Waals surface area contributed by atoms with Crippen LogP contribution in [0.1, 0.15) is 37.8 Å². The summed E-state index contributed by atoms with van der Waals surface area (Å²) in [5, 5.41) is 10.8. The minimum atomic E-state index is 0. The Hall–Kier alpha value is -1.85. The number of aromatic nitrogens is 2. The van der Waals surface area contributed by atoms with Crippen molar-refractivity contribution in [3.8, 4) is 11.3 Å². The highest BCUT2D eigenvalue weighted by Gasteiger charge is 2.24. The van der Waals surface area contributed by atoms with E-state index in [1.54, 1.807) is 0 Å². The average molecular weight is 377 g/mol. The molecule has 0 bridgehead atoms. The van der Waals surface area contributed by atoms with E-state index in [-0.39, 0.29) is 24.4 Å². The van der Waals surface area contributed by atoms with Crippen LogP contribution in [0.2, 0.25) is 0 Å². The van der Waals surface area contributed by atoms with E-state index >= 15 is 0 Å². The molecule has 1 atom stereocenters. The SMILES string of the molecule is CN(CCCCCc1cc(-c2ccccc2)n[nH]1)C(=O)C1CCCN1.Cl. The van der Waals surface area contributed by atoms with Gasteiger partial charge >= 0.3 is 0 Å². The molecule has 26 heavy (non-hydrogen) atoms. The Morgan fingerprint density at radius 1 is 1.23 bits per heavy atom. The molecule has 1 amide bonds. The second kappa shape index (κ2) is 10.3. The molecule has 2 heterocycles. The van der Waals surface area contributed by atoms with Gasteiger partial charge in [0.1, 0.15) is 0 Å². The largest absolute Gasteiger partial charge is 0.344 e. The fraction of sp³-hybridized carbons (Fsp3) is 0.500. The van der Waals surface area contributed by atoms with Gasteiger partial charge in [0, 0.05) is 24.8 Å². The number of nitrogens with zero attached hydrogens (tertiary/aromatic N) is 2. The number of aryl methyl sites for hydroxylation is 1. The van der Waals surface area contributed by atoms with Gasteiger partial charge in [0.05, 0.1) is 11.7 Å². The van der Waals surface area contributed by atoms with Crippen LogP contribution in [0.15, 0.2) is 36.4 Å². The van der Waals surface area contributed by atoms with Crippen molar-refractivity contribution in [1.29, 1.82) is 0 Å². The monoisotopic (exact) mass is 376 g/mol. The van der Waals surface area contributed by atoms with Crippen molar-refractivity contribution in [3.05, 3.63) is 42.1 Å².